The lowest BCUT2D eigenvalue weighted by Gasteiger charge is -2.08. The summed E-state index contributed by atoms with van der Waals surface area (Å²) in [7, 11) is 0. The third-order valence-corrected chi connectivity index (χ3v) is 5.00. The van der Waals surface area contributed by atoms with Gasteiger partial charge in [-0.25, -0.2) is 4.79 Å². The first kappa shape index (κ1) is 19.2. The van der Waals surface area contributed by atoms with E-state index < -0.39 is 6.03 Å². The van der Waals surface area contributed by atoms with E-state index >= 15 is 0 Å². The molecule has 0 spiro atoms. The number of anilines is 2. The molecule has 1 aromatic heterocycles. The number of imide groups is 1. The molecule has 0 radical (unpaired) electrons. The number of rotatable bonds is 6. The summed E-state index contributed by atoms with van der Waals surface area (Å²) >= 11 is 2.60. The van der Waals surface area contributed by atoms with Crippen molar-refractivity contribution in [3.8, 4) is 0 Å². The van der Waals surface area contributed by atoms with E-state index in [2.05, 4.69) is 32.2 Å². The molecule has 0 atom stereocenters. The zero-order chi connectivity index (χ0) is 18.4. The van der Waals surface area contributed by atoms with Crippen molar-refractivity contribution in [1.29, 1.82) is 0 Å². The molecule has 0 aliphatic carbocycles. The van der Waals surface area contributed by atoms with E-state index in [9.17, 15) is 9.59 Å². The first-order valence-electron chi connectivity index (χ1n) is 7.74. The molecule has 0 fully saturated rings. The SMILES string of the molecule is Cc1ccc(Nc2nnc(SCC(=O)NC(=O)NC(C)C)s2)c(C)c1. The van der Waals surface area contributed by atoms with Gasteiger partial charge in [-0.2, -0.15) is 0 Å². The van der Waals surface area contributed by atoms with E-state index in [4.69, 9.17) is 0 Å². The molecule has 25 heavy (non-hydrogen) atoms. The Balaban J connectivity index is 1.85. The fraction of sp³-hybridized carbons (Fsp3) is 0.375. The van der Waals surface area contributed by atoms with Gasteiger partial charge in [0.1, 0.15) is 0 Å². The second kappa shape index (κ2) is 8.82. The predicted octanol–water partition coefficient (Wildman–Crippen LogP) is 3.22. The summed E-state index contributed by atoms with van der Waals surface area (Å²) < 4.78 is 0.659. The van der Waals surface area contributed by atoms with Crippen LogP contribution in [0.15, 0.2) is 22.5 Å². The third-order valence-electron chi connectivity index (χ3n) is 3.03. The monoisotopic (exact) mass is 379 g/mol. The standard InChI is InChI=1S/C16H21N5O2S2/c1-9(2)17-14(23)19-13(22)8-24-16-21-20-15(25-16)18-12-6-5-10(3)7-11(12)4/h5-7,9H,8H2,1-4H3,(H,18,20)(H2,17,19,22,23). The number of urea groups is 1. The molecule has 0 aliphatic rings. The molecule has 0 saturated heterocycles. The summed E-state index contributed by atoms with van der Waals surface area (Å²) in [5.74, 6) is -0.272. The molecule has 0 bridgehead atoms. The largest absolute Gasteiger partial charge is 0.336 e. The Hall–Kier alpha value is -2.13. The van der Waals surface area contributed by atoms with Crippen LogP contribution in [-0.2, 0) is 4.79 Å². The molecular formula is C16H21N5O2S2. The van der Waals surface area contributed by atoms with Crippen LogP contribution in [0.2, 0.25) is 0 Å². The van der Waals surface area contributed by atoms with Gasteiger partial charge < -0.3 is 10.6 Å². The van der Waals surface area contributed by atoms with E-state index in [-0.39, 0.29) is 17.7 Å². The van der Waals surface area contributed by atoms with Gasteiger partial charge in [0.25, 0.3) is 0 Å². The van der Waals surface area contributed by atoms with Crippen LogP contribution >= 0.6 is 23.1 Å². The van der Waals surface area contributed by atoms with E-state index in [0.717, 1.165) is 11.3 Å². The van der Waals surface area contributed by atoms with Crippen LogP contribution in [0.25, 0.3) is 0 Å². The van der Waals surface area contributed by atoms with Crippen molar-refractivity contribution in [2.75, 3.05) is 11.1 Å². The molecular weight excluding hydrogens is 358 g/mol. The van der Waals surface area contributed by atoms with Crippen LogP contribution in [-0.4, -0.2) is 33.9 Å². The second-order valence-electron chi connectivity index (χ2n) is 5.78. The second-order valence-corrected chi connectivity index (χ2v) is 7.98. The van der Waals surface area contributed by atoms with E-state index in [1.165, 1.54) is 28.7 Å². The van der Waals surface area contributed by atoms with Crippen LogP contribution < -0.4 is 16.0 Å². The number of hydrogen-bond donors (Lipinski definition) is 3. The quantitative estimate of drug-likeness (QED) is 0.667. The van der Waals surface area contributed by atoms with Gasteiger partial charge >= 0.3 is 6.03 Å². The molecule has 134 valence electrons. The van der Waals surface area contributed by atoms with Crippen LogP contribution in [0.4, 0.5) is 15.6 Å². The number of nitrogens with one attached hydrogen (secondary N) is 3. The van der Waals surface area contributed by atoms with E-state index in [0.29, 0.717) is 9.47 Å². The molecule has 2 aromatic rings. The topological polar surface area (TPSA) is 96.0 Å². The number of carbonyl (C=O) groups is 2. The Morgan fingerprint density at radius 2 is 2.00 bits per heavy atom. The zero-order valence-corrected chi connectivity index (χ0v) is 16.2. The van der Waals surface area contributed by atoms with E-state index in [1.807, 2.05) is 39.8 Å². The highest BCUT2D eigenvalue weighted by atomic mass is 32.2. The highest BCUT2D eigenvalue weighted by molar-refractivity contribution is 8.01. The summed E-state index contributed by atoms with van der Waals surface area (Å²) in [6.07, 6.45) is 0. The molecule has 0 unspecified atom stereocenters. The smallest absolute Gasteiger partial charge is 0.321 e. The maximum absolute atomic E-state index is 11.7. The van der Waals surface area contributed by atoms with Crippen LogP contribution in [0.3, 0.4) is 0 Å². The molecule has 1 aromatic carbocycles. The highest BCUT2D eigenvalue weighted by Crippen LogP contribution is 2.28. The first-order chi connectivity index (χ1) is 11.8. The number of hydrogen-bond acceptors (Lipinski definition) is 7. The van der Waals surface area contributed by atoms with Gasteiger partial charge in [0.05, 0.1) is 5.75 Å². The Morgan fingerprint density at radius 3 is 2.68 bits per heavy atom. The van der Waals surface area contributed by atoms with Gasteiger partial charge in [-0.1, -0.05) is 40.8 Å². The lowest BCUT2D eigenvalue weighted by Crippen LogP contribution is -2.43. The summed E-state index contributed by atoms with van der Waals surface area (Å²) in [6.45, 7) is 7.72. The van der Waals surface area contributed by atoms with Gasteiger partial charge in [-0.15, -0.1) is 10.2 Å². The first-order valence-corrected chi connectivity index (χ1v) is 9.54. The van der Waals surface area contributed by atoms with Gasteiger partial charge in [0.2, 0.25) is 11.0 Å². The average Bonchev–Trinajstić information content (AvgIpc) is 2.95. The highest BCUT2D eigenvalue weighted by Gasteiger charge is 2.12. The minimum atomic E-state index is -0.491. The normalized spacial score (nSPS) is 10.6. The minimum Gasteiger partial charge on any atom is -0.336 e. The maximum Gasteiger partial charge on any atom is 0.321 e. The third kappa shape index (κ3) is 6.35. The van der Waals surface area contributed by atoms with Crippen molar-refractivity contribution in [2.24, 2.45) is 0 Å². The van der Waals surface area contributed by atoms with Crippen molar-refractivity contribution < 1.29 is 9.59 Å². The number of aryl methyl sites for hydroxylation is 2. The van der Waals surface area contributed by atoms with Crippen LogP contribution in [0.1, 0.15) is 25.0 Å². The van der Waals surface area contributed by atoms with E-state index in [1.54, 1.807) is 0 Å². The zero-order valence-electron chi connectivity index (χ0n) is 14.5. The Labute approximate surface area is 155 Å². The summed E-state index contributed by atoms with van der Waals surface area (Å²) in [4.78, 5) is 23.2. The van der Waals surface area contributed by atoms with Gasteiger partial charge in [0, 0.05) is 11.7 Å². The van der Waals surface area contributed by atoms with Crippen molar-refractivity contribution in [3.05, 3.63) is 29.3 Å². The number of benzene rings is 1. The average molecular weight is 380 g/mol. The minimum absolute atomic E-state index is 0.0255. The Morgan fingerprint density at radius 1 is 1.24 bits per heavy atom. The van der Waals surface area contributed by atoms with Gasteiger partial charge in [0.15, 0.2) is 4.34 Å². The molecule has 9 heteroatoms. The summed E-state index contributed by atoms with van der Waals surface area (Å²) in [6, 6.07) is 5.60. The summed E-state index contributed by atoms with van der Waals surface area (Å²) in [5.41, 5.74) is 3.30. The van der Waals surface area contributed by atoms with Crippen molar-refractivity contribution in [2.45, 2.75) is 38.1 Å². The number of nitrogens with zero attached hydrogens (tertiary/aromatic N) is 2. The fourth-order valence-corrected chi connectivity index (χ4v) is 3.54. The molecule has 1 heterocycles. The molecule has 3 amide bonds. The number of thioether (sulfide) groups is 1. The lowest BCUT2D eigenvalue weighted by atomic mass is 10.1. The predicted molar refractivity (Wildman–Crippen MR) is 102 cm³/mol. The Bertz CT molecular complexity index is 761. The van der Waals surface area contributed by atoms with Gasteiger partial charge in [-0.3, -0.25) is 10.1 Å². The fourth-order valence-electron chi connectivity index (χ4n) is 1.98. The van der Waals surface area contributed by atoms with Crippen LogP contribution in [0, 0.1) is 13.8 Å². The lowest BCUT2D eigenvalue weighted by molar-refractivity contribution is -0.117. The van der Waals surface area contributed by atoms with Crippen LogP contribution in [0.5, 0.6) is 0 Å². The molecule has 0 saturated carbocycles. The molecule has 2 rings (SSSR count). The van der Waals surface area contributed by atoms with Crippen molar-refractivity contribution >= 4 is 45.9 Å². The Kier molecular flexibility index (Phi) is 6.77. The van der Waals surface area contributed by atoms with Crippen molar-refractivity contribution in [3.63, 3.8) is 0 Å². The molecule has 0 aliphatic heterocycles. The maximum atomic E-state index is 11.7. The number of aromatic nitrogens is 2. The van der Waals surface area contributed by atoms with Gasteiger partial charge in [-0.05, 0) is 39.3 Å². The molecule has 3 N–H and O–H groups in total. The van der Waals surface area contributed by atoms with Crippen molar-refractivity contribution in [1.82, 2.24) is 20.8 Å². The number of carbonyl (C=O) groups excluding carboxylic acids is 2. The molecule has 7 nitrogen and oxygen atoms in total. The summed E-state index contributed by atoms with van der Waals surface area (Å²) in [5, 5.41) is 16.9. The number of amides is 3.